The lowest BCUT2D eigenvalue weighted by molar-refractivity contribution is -0.117. The molecular weight excluding hydrogens is 334 g/mol. The zero-order valence-corrected chi connectivity index (χ0v) is 15.2. The van der Waals surface area contributed by atoms with Crippen molar-refractivity contribution in [2.24, 2.45) is 11.7 Å². The van der Waals surface area contributed by atoms with Gasteiger partial charge in [-0.05, 0) is 37.0 Å². The molecule has 0 bridgehead atoms. The summed E-state index contributed by atoms with van der Waals surface area (Å²) in [6.45, 7) is 2.25. The Balaban J connectivity index is 1.70. The van der Waals surface area contributed by atoms with E-state index in [4.69, 9.17) is 15.2 Å². The molecule has 3 N–H and O–H groups in total. The van der Waals surface area contributed by atoms with E-state index in [1.165, 1.54) is 0 Å². The molecule has 1 aliphatic carbocycles. The van der Waals surface area contributed by atoms with Crippen LogP contribution in [0, 0.1) is 5.92 Å². The fourth-order valence-electron chi connectivity index (χ4n) is 3.65. The van der Waals surface area contributed by atoms with E-state index in [2.05, 4.69) is 5.32 Å². The first kappa shape index (κ1) is 18.7. The van der Waals surface area contributed by atoms with Crippen LogP contribution in [-0.2, 0) is 9.53 Å². The largest absolute Gasteiger partial charge is 0.495 e. The number of methoxy groups -OCH3 is 1. The number of morpholine rings is 1. The molecule has 7 heteroatoms. The molecule has 1 saturated heterocycles. The highest BCUT2D eigenvalue weighted by molar-refractivity contribution is 5.98. The van der Waals surface area contributed by atoms with Crippen molar-refractivity contribution in [3.8, 4) is 5.75 Å². The maximum Gasteiger partial charge on any atom is 0.254 e. The second-order valence-corrected chi connectivity index (χ2v) is 6.93. The van der Waals surface area contributed by atoms with Crippen molar-refractivity contribution in [1.82, 2.24) is 4.90 Å². The van der Waals surface area contributed by atoms with Crippen LogP contribution in [0.25, 0.3) is 0 Å². The van der Waals surface area contributed by atoms with Gasteiger partial charge >= 0.3 is 0 Å². The molecule has 1 aromatic rings. The molecular formula is C19H27N3O4. The van der Waals surface area contributed by atoms with Gasteiger partial charge in [0.05, 0.1) is 26.0 Å². The van der Waals surface area contributed by atoms with Crippen LogP contribution in [0.5, 0.6) is 5.75 Å². The Bertz CT molecular complexity index is 658. The molecule has 1 heterocycles. The third kappa shape index (κ3) is 4.34. The molecule has 7 nitrogen and oxygen atoms in total. The molecule has 0 spiro atoms. The molecule has 2 atom stereocenters. The number of nitrogens with one attached hydrogen (secondary N) is 1. The summed E-state index contributed by atoms with van der Waals surface area (Å²) >= 11 is 0. The summed E-state index contributed by atoms with van der Waals surface area (Å²) in [7, 11) is 1.54. The number of nitrogens with zero attached hydrogens (tertiary/aromatic N) is 1. The maximum absolute atomic E-state index is 12.7. The Morgan fingerprint density at radius 1 is 1.31 bits per heavy atom. The molecule has 1 aromatic carbocycles. The summed E-state index contributed by atoms with van der Waals surface area (Å²) in [5, 5.41) is 2.89. The zero-order valence-electron chi connectivity index (χ0n) is 15.2. The van der Waals surface area contributed by atoms with Gasteiger partial charge in [0.25, 0.3) is 5.91 Å². The highest BCUT2D eigenvalue weighted by Crippen LogP contribution is 2.29. The lowest BCUT2D eigenvalue weighted by Gasteiger charge is -2.27. The molecule has 142 valence electrons. The third-order valence-corrected chi connectivity index (χ3v) is 5.18. The van der Waals surface area contributed by atoms with Gasteiger partial charge in [-0.25, -0.2) is 0 Å². The average Bonchev–Trinajstić information content (AvgIpc) is 3.06. The fourth-order valence-corrected chi connectivity index (χ4v) is 3.65. The quantitative estimate of drug-likeness (QED) is 0.831. The fraction of sp³-hybridized carbons (Fsp3) is 0.579. The minimum Gasteiger partial charge on any atom is -0.495 e. The Morgan fingerprint density at radius 3 is 2.73 bits per heavy atom. The lowest BCUT2D eigenvalue weighted by atomic mass is 10.00. The second-order valence-electron chi connectivity index (χ2n) is 6.93. The maximum atomic E-state index is 12.7. The Kier molecular flexibility index (Phi) is 6.11. The summed E-state index contributed by atoms with van der Waals surface area (Å²) < 4.78 is 10.6. The number of carbonyl (C=O) groups is 2. The van der Waals surface area contributed by atoms with E-state index in [0.29, 0.717) is 49.7 Å². The number of hydrogen-bond donors (Lipinski definition) is 2. The van der Waals surface area contributed by atoms with Gasteiger partial charge in [0.2, 0.25) is 5.91 Å². The number of rotatable bonds is 5. The summed E-state index contributed by atoms with van der Waals surface area (Å²) in [5.41, 5.74) is 7.10. The van der Waals surface area contributed by atoms with Crippen molar-refractivity contribution >= 4 is 17.5 Å². The number of anilines is 1. The smallest absolute Gasteiger partial charge is 0.254 e. The van der Waals surface area contributed by atoms with E-state index in [9.17, 15) is 9.59 Å². The van der Waals surface area contributed by atoms with E-state index >= 15 is 0 Å². The monoisotopic (exact) mass is 361 g/mol. The van der Waals surface area contributed by atoms with Gasteiger partial charge in [-0.2, -0.15) is 0 Å². The van der Waals surface area contributed by atoms with Crippen molar-refractivity contribution in [2.45, 2.75) is 31.7 Å². The highest BCUT2D eigenvalue weighted by atomic mass is 16.5. The highest BCUT2D eigenvalue weighted by Gasteiger charge is 2.26. The van der Waals surface area contributed by atoms with Crippen LogP contribution in [0.2, 0.25) is 0 Å². The SMILES string of the molecule is COc1ccc(C(=O)N2CCOCC2)cc1NC(=O)C[C@@H]1CCC[C@H]1N. The molecule has 1 aliphatic heterocycles. The second kappa shape index (κ2) is 8.51. The Labute approximate surface area is 153 Å². The molecule has 2 amide bonds. The number of benzene rings is 1. The van der Waals surface area contributed by atoms with E-state index in [-0.39, 0.29) is 23.8 Å². The standard InChI is InChI=1S/C19H27N3O4/c1-25-17-6-5-14(19(24)22-7-9-26-10-8-22)11-16(17)21-18(23)12-13-3-2-4-15(13)20/h5-6,11,13,15H,2-4,7-10,12,20H2,1H3,(H,21,23)/t13-,15+/m0/s1. The van der Waals surface area contributed by atoms with Crippen LogP contribution >= 0.6 is 0 Å². The van der Waals surface area contributed by atoms with Gasteiger partial charge in [-0.3, -0.25) is 9.59 Å². The summed E-state index contributed by atoms with van der Waals surface area (Å²) in [6.07, 6.45) is 3.43. The number of carbonyl (C=O) groups excluding carboxylic acids is 2. The Morgan fingerprint density at radius 2 is 2.08 bits per heavy atom. The lowest BCUT2D eigenvalue weighted by Crippen LogP contribution is -2.40. The van der Waals surface area contributed by atoms with Gasteiger partial charge in [0, 0.05) is 31.1 Å². The van der Waals surface area contributed by atoms with Crippen LogP contribution in [0.15, 0.2) is 18.2 Å². The first-order valence-corrected chi connectivity index (χ1v) is 9.19. The number of amides is 2. The first-order chi connectivity index (χ1) is 12.6. The third-order valence-electron chi connectivity index (χ3n) is 5.18. The molecule has 2 fully saturated rings. The van der Waals surface area contributed by atoms with Crippen LogP contribution in [0.1, 0.15) is 36.0 Å². The van der Waals surface area contributed by atoms with Crippen LogP contribution in [-0.4, -0.2) is 56.2 Å². The summed E-state index contributed by atoms with van der Waals surface area (Å²) in [5.74, 6) is 0.595. The number of ether oxygens (including phenoxy) is 2. The molecule has 0 unspecified atom stereocenters. The van der Waals surface area contributed by atoms with Crippen molar-refractivity contribution in [3.63, 3.8) is 0 Å². The number of hydrogen-bond acceptors (Lipinski definition) is 5. The minimum absolute atomic E-state index is 0.0655. The van der Waals surface area contributed by atoms with Gasteiger partial charge in [-0.15, -0.1) is 0 Å². The topological polar surface area (TPSA) is 93.9 Å². The van der Waals surface area contributed by atoms with Crippen LogP contribution in [0.3, 0.4) is 0 Å². The first-order valence-electron chi connectivity index (χ1n) is 9.19. The predicted octanol–water partition coefficient (Wildman–Crippen LogP) is 1.62. The van der Waals surface area contributed by atoms with E-state index in [1.54, 1.807) is 30.2 Å². The summed E-state index contributed by atoms with van der Waals surface area (Å²) in [4.78, 5) is 26.8. The predicted molar refractivity (Wildman–Crippen MR) is 98.3 cm³/mol. The van der Waals surface area contributed by atoms with Gasteiger partial charge < -0.3 is 25.4 Å². The average molecular weight is 361 g/mol. The van der Waals surface area contributed by atoms with Gasteiger partial charge in [0.1, 0.15) is 5.75 Å². The van der Waals surface area contributed by atoms with E-state index < -0.39 is 0 Å². The Hall–Kier alpha value is -2.12. The van der Waals surface area contributed by atoms with Crippen molar-refractivity contribution in [1.29, 1.82) is 0 Å². The summed E-state index contributed by atoms with van der Waals surface area (Å²) in [6, 6.07) is 5.21. The van der Waals surface area contributed by atoms with Crippen molar-refractivity contribution < 1.29 is 19.1 Å². The molecule has 26 heavy (non-hydrogen) atoms. The van der Waals surface area contributed by atoms with Crippen LogP contribution in [0.4, 0.5) is 5.69 Å². The van der Waals surface area contributed by atoms with E-state index in [0.717, 1.165) is 19.3 Å². The van der Waals surface area contributed by atoms with E-state index in [1.807, 2.05) is 0 Å². The zero-order chi connectivity index (χ0) is 18.5. The molecule has 0 radical (unpaired) electrons. The van der Waals surface area contributed by atoms with Crippen molar-refractivity contribution in [2.75, 3.05) is 38.7 Å². The molecule has 3 rings (SSSR count). The molecule has 2 aliphatic rings. The van der Waals surface area contributed by atoms with Crippen molar-refractivity contribution in [3.05, 3.63) is 23.8 Å². The molecule has 1 saturated carbocycles. The normalized spacial score (nSPS) is 22.9. The van der Waals surface area contributed by atoms with Gasteiger partial charge in [-0.1, -0.05) is 6.42 Å². The number of nitrogens with two attached hydrogens (primary N) is 1. The molecule has 0 aromatic heterocycles. The minimum atomic E-state index is -0.0957. The van der Waals surface area contributed by atoms with Crippen LogP contribution < -0.4 is 15.8 Å². The van der Waals surface area contributed by atoms with Gasteiger partial charge in [0.15, 0.2) is 0 Å².